The average Bonchev–Trinajstić information content (AvgIpc) is 2.55. The van der Waals surface area contributed by atoms with E-state index in [-0.39, 0.29) is 5.91 Å². The van der Waals surface area contributed by atoms with Crippen molar-refractivity contribution in [2.75, 3.05) is 39.6 Å². The van der Waals surface area contributed by atoms with E-state index in [4.69, 9.17) is 16.3 Å². The molecule has 0 atom stereocenters. The van der Waals surface area contributed by atoms with Crippen molar-refractivity contribution in [2.24, 2.45) is 0 Å². The van der Waals surface area contributed by atoms with Crippen LogP contribution < -0.4 is 15.4 Å². The molecule has 0 aliphatic rings. The Morgan fingerprint density at radius 2 is 2.08 bits per heavy atom. The smallest absolute Gasteiger partial charge is 0.252 e. The predicted molar refractivity (Wildman–Crippen MR) is 96.4 cm³/mol. The van der Waals surface area contributed by atoms with Crippen molar-refractivity contribution in [1.82, 2.24) is 15.2 Å². The summed E-state index contributed by atoms with van der Waals surface area (Å²) in [6.07, 6.45) is 1.53. The molecule has 1 heterocycles. The van der Waals surface area contributed by atoms with Crippen LogP contribution in [-0.2, 0) is 0 Å². The summed E-state index contributed by atoms with van der Waals surface area (Å²) in [7, 11) is 5.50. The van der Waals surface area contributed by atoms with Gasteiger partial charge in [-0.3, -0.25) is 4.79 Å². The highest BCUT2D eigenvalue weighted by atomic mass is 35.5. The first-order valence-corrected chi connectivity index (χ1v) is 7.87. The van der Waals surface area contributed by atoms with Gasteiger partial charge in [0.15, 0.2) is 0 Å². The van der Waals surface area contributed by atoms with Gasteiger partial charge in [0.2, 0.25) is 0 Å². The fourth-order valence-corrected chi connectivity index (χ4v) is 2.19. The molecule has 2 rings (SSSR count). The lowest BCUT2D eigenvalue weighted by Gasteiger charge is -2.12. The summed E-state index contributed by atoms with van der Waals surface area (Å²) in [4.78, 5) is 18.3. The minimum Gasteiger partial charge on any atom is -0.495 e. The summed E-state index contributed by atoms with van der Waals surface area (Å²) in [6.45, 7) is 1.37. The predicted octanol–water partition coefficient (Wildman–Crippen LogP) is 2.78. The van der Waals surface area contributed by atoms with Crippen molar-refractivity contribution in [1.29, 1.82) is 0 Å². The molecule has 2 aromatic rings. The summed E-state index contributed by atoms with van der Waals surface area (Å²) >= 11 is 6.01. The number of likely N-dealkylation sites (N-methyl/N-ethyl adjacent to an activating group) is 1. The molecule has 0 bridgehead atoms. The number of ether oxygens (including phenoxy) is 1. The zero-order chi connectivity index (χ0) is 17.5. The highest BCUT2D eigenvalue weighted by molar-refractivity contribution is 6.31. The number of carbonyl (C=O) groups excluding carboxylic acids is 1. The lowest BCUT2D eigenvalue weighted by atomic mass is 10.2. The summed E-state index contributed by atoms with van der Waals surface area (Å²) in [6, 6.07) is 8.74. The second-order valence-corrected chi connectivity index (χ2v) is 5.90. The number of nitrogens with one attached hydrogen (secondary N) is 2. The van der Waals surface area contributed by atoms with Crippen molar-refractivity contribution in [3.63, 3.8) is 0 Å². The second kappa shape index (κ2) is 8.52. The monoisotopic (exact) mass is 348 g/mol. The van der Waals surface area contributed by atoms with Gasteiger partial charge in [-0.1, -0.05) is 11.6 Å². The fourth-order valence-electron chi connectivity index (χ4n) is 2.01. The van der Waals surface area contributed by atoms with Crippen LogP contribution in [0.3, 0.4) is 0 Å². The van der Waals surface area contributed by atoms with Gasteiger partial charge in [0, 0.05) is 24.3 Å². The number of hydrogen-bond donors (Lipinski definition) is 2. The molecule has 1 amide bonds. The van der Waals surface area contributed by atoms with Crippen molar-refractivity contribution < 1.29 is 9.53 Å². The molecule has 0 fully saturated rings. The van der Waals surface area contributed by atoms with E-state index < -0.39 is 0 Å². The lowest BCUT2D eigenvalue weighted by molar-refractivity contribution is 0.0950. The third kappa shape index (κ3) is 5.11. The summed E-state index contributed by atoms with van der Waals surface area (Å²) in [5.74, 6) is 1.11. The second-order valence-electron chi connectivity index (χ2n) is 5.46. The highest BCUT2D eigenvalue weighted by Crippen LogP contribution is 2.29. The highest BCUT2D eigenvalue weighted by Gasteiger charge is 2.08. The quantitative estimate of drug-likeness (QED) is 0.805. The van der Waals surface area contributed by atoms with E-state index in [2.05, 4.69) is 15.6 Å². The van der Waals surface area contributed by atoms with Gasteiger partial charge < -0.3 is 20.3 Å². The number of amides is 1. The van der Waals surface area contributed by atoms with Crippen molar-refractivity contribution in [3.8, 4) is 5.75 Å². The number of carbonyl (C=O) groups is 1. The molecular formula is C17H21ClN4O2. The molecule has 0 saturated carbocycles. The molecule has 24 heavy (non-hydrogen) atoms. The molecule has 0 spiro atoms. The first-order valence-electron chi connectivity index (χ1n) is 7.49. The van der Waals surface area contributed by atoms with Gasteiger partial charge in [-0.25, -0.2) is 4.98 Å². The fraction of sp³-hybridized carbons (Fsp3) is 0.294. The van der Waals surface area contributed by atoms with Crippen molar-refractivity contribution in [2.45, 2.75) is 0 Å². The summed E-state index contributed by atoms with van der Waals surface area (Å²) in [5, 5.41) is 6.57. The number of aromatic nitrogens is 1. The summed E-state index contributed by atoms with van der Waals surface area (Å²) < 4.78 is 5.28. The molecule has 7 heteroatoms. The molecule has 6 nitrogen and oxygen atoms in total. The molecule has 0 radical (unpaired) electrons. The zero-order valence-corrected chi connectivity index (χ0v) is 14.7. The Kier molecular flexibility index (Phi) is 6.40. The first kappa shape index (κ1) is 18.0. The molecule has 2 N–H and O–H groups in total. The van der Waals surface area contributed by atoms with Crippen molar-refractivity contribution in [3.05, 3.63) is 47.1 Å². The Bertz CT molecular complexity index is 689. The molecule has 0 saturated heterocycles. The maximum atomic E-state index is 12.0. The Morgan fingerprint density at radius 1 is 1.29 bits per heavy atom. The standard InChI is InChI=1S/C17H21ClN4O2/c1-22(2)9-8-19-17(23)12-4-7-16(20-11-12)21-14-10-13(18)5-6-15(14)24-3/h4-7,10-11H,8-9H2,1-3H3,(H,19,23)(H,20,21). The van der Waals surface area contributed by atoms with Crippen LogP contribution in [-0.4, -0.2) is 50.1 Å². The molecule has 0 aliphatic carbocycles. The van der Waals surface area contributed by atoms with Crippen LogP contribution in [0.1, 0.15) is 10.4 Å². The molecule has 128 valence electrons. The third-order valence-electron chi connectivity index (χ3n) is 3.29. The summed E-state index contributed by atoms with van der Waals surface area (Å²) in [5.41, 5.74) is 1.22. The minimum atomic E-state index is -0.142. The molecule has 1 aromatic heterocycles. The third-order valence-corrected chi connectivity index (χ3v) is 3.53. The lowest BCUT2D eigenvalue weighted by Crippen LogP contribution is -2.31. The van der Waals surface area contributed by atoms with E-state index in [0.717, 1.165) is 6.54 Å². The number of hydrogen-bond acceptors (Lipinski definition) is 5. The van der Waals surface area contributed by atoms with Crippen LogP contribution in [0.25, 0.3) is 0 Å². The van der Waals surface area contributed by atoms with Gasteiger partial charge in [0.1, 0.15) is 11.6 Å². The van der Waals surface area contributed by atoms with Gasteiger partial charge in [0.25, 0.3) is 5.91 Å². The Balaban J connectivity index is 2.02. The zero-order valence-electron chi connectivity index (χ0n) is 14.0. The molecular weight excluding hydrogens is 328 g/mol. The van der Waals surface area contributed by atoms with Crippen LogP contribution in [0.15, 0.2) is 36.5 Å². The van der Waals surface area contributed by atoms with E-state index in [1.54, 1.807) is 37.4 Å². The molecule has 1 aromatic carbocycles. The van der Waals surface area contributed by atoms with Gasteiger partial charge in [-0.05, 0) is 44.4 Å². The van der Waals surface area contributed by atoms with E-state index in [0.29, 0.717) is 34.4 Å². The maximum absolute atomic E-state index is 12.0. The van der Waals surface area contributed by atoms with Crippen LogP contribution >= 0.6 is 11.6 Å². The Labute approximate surface area is 146 Å². The van der Waals surface area contributed by atoms with Gasteiger partial charge in [-0.15, -0.1) is 0 Å². The minimum absolute atomic E-state index is 0.142. The maximum Gasteiger partial charge on any atom is 0.252 e. The van der Waals surface area contributed by atoms with E-state index >= 15 is 0 Å². The number of halogens is 1. The topological polar surface area (TPSA) is 66.5 Å². The molecule has 0 unspecified atom stereocenters. The van der Waals surface area contributed by atoms with Crippen LogP contribution in [0.2, 0.25) is 5.02 Å². The Hall–Kier alpha value is -2.31. The molecule has 0 aliphatic heterocycles. The first-order chi connectivity index (χ1) is 11.5. The van der Waals surface area contributed by atoms with E-state index in [1.807, 2.05) is 19.0 Å². The van der Waals surface area contributed by atoms with Gasteiger partial charge in [0.05, 0.1) is 18.4 Å². The van der Waals surface area contributed by atoms with Gasteiger partial charge >= 0.3 is 0 Å². The van der Waals surface area contributed by atoms with E-state index in [1.165, 1.54) is 6.20 Å². The Morgan fingerprint density at radius 3 is 2.71 bits per heavy atom. The van der Waals surface area contributed by atoms with E-state index in [9.17, 15) is 4.79 Å². The number of benzene rings is 1. The number of pyridine rings is 1. The normalized spacial score (nSPS) is 10.5. The number of methoxy groups -OCH3 is 1. The van der Waals surface area contributed by atoms with Crippen LogP contribution in [0.4, 0.5) is 11.5 Å². The SMILES string of the molecule is COc1ccc(Cl)cc1Nc1ccc(C(=O)NCCN(C)C)cn1. The number of anilines is 2. The van der Waals surface area contributed by atoms with Crippen LogP contribution in [0, 0.1) is 0 Å². The van der Waals surface area contributed by atoms with Crippen molar-refractivity contribution >= 4 is 29.0 Å². The largest absolute Gasteiger partial charge is 0.495 e. The van der Waals surface area contributed by atoms with Crippen LogP contribution in [0.5, 0.6) is 5.75 Å². The average molecular weight is 349 g/mol. The number of nitrogens with zero attached hydrogens (tertiary/aromatic N) is 2. The van der Waals surface area contributed by atoms with Gasteiger partial charge in [-0.2, -0.15) is 0 Å². The number of rotatable bonds is 7.